The van der Waals surface area contributed by atoms with Crippen molar-refractivity contribution in [2.75, 3.05) is 20.8 Å². The van der Waals surface area contributed by atoms with E-state index in [9.17, 15) is 4.79 Å². The van der Waals surface area contributed by atoms with E-state index in [0.29, 0.717) is 12.2 Å². The van der Waals surface area contributed by atoms with E-state index in [1.807, 2.05) is 0 Å². The summed E-state index contributed by atoms with van der Waals surface area (Å²) in [7, 11) is 2.42. The summed E-state index contributed by atoms with van der Waals surface area (Å²) in [6.45, 7) is 5.71. The number of carbonyl (C=O) groups excluding carboxylic acids is 1. The molecule has 0 aliphatic heterocycles. The third-order valence-corrected chi connectivity index (χ3v) is 4.48. The molecule has 0 saturated heterocycles. The first-order chi connectivity index (χ1) is 9.11. The Morgan fingerprint density at radius 2 is 1.53 bits per heavy atom. The zero-order chi connectivity index (χ0) is 14.5. The van der Waals surface area contributed by atoms with Gasteiger partial charge in [0.2, 0.25) is 0 Å². The van der Waals surface area contributed by atoms with Crippen LogP contribution in [0.2, 0.25) is 6.04 Å². The molecule has 5 heteroatoms. The normalized spacial score (nSPS) is 10.7. The Hall–Kier alpha value is -0.653. The molecule has 1 radical (unpaired) electrons. The molecular weight excluding hydrogens is 260 g/mol. The van der Waals surface area contributed by atoms with Crippen LogP contribution in [0.3, 0.4) is 0 Å². The van der Waals surface area contributed by atoms with Gasteiger partial charge in [-0.2, -0.15) is 0 Å². The second-order valence-electron chi connectivity index (χ2n) is 4.57. The lowest BCUT2D eigenvalue weighted by atomic mass is 10.1. The van der Waals surface area contributed by atoms with Gasteiger partial charge in [0.1, 0.15) is 0 Å². The molecule has 0 bridgehead atoms. The van der Waals surface area contributed by atoms with Crippen LogP contribution in [0.15, 0.2) is 12.2 Å². The van der Waals surface area contributed by atoms with Crippen LogP contribution in [0.25, 0.3) is 0 Å². The highest BCUT2D eigenvalue weighted by atomic mass is 28.3. The molecule has 0 aromatic rings. The van der Waals surface area contributed by atoms with Crippen LogP contribution in [-0.2, 0) is 18.4 Å². The molecule has 0 aliphatic carbocycles. The number of rotatable bonds is 12. The molecular formula is C14H27O4Si. The number of esters is 1. The molecule has 0 atom stereocenters. The quantitative estimate of drug-likeness (QED) is 0.239. The van der Waals surface area contributed by atoms with Crippen molar-refractivity contribution in [3.63, 3.8) is 0 Å². The van der Waals surface area contributed by atoms with Gasteiger partial charge in [-0.3, -0.25) is 0 Å². The summed E-state index contributed by atoms with van der Waals surface area (Å²) in [5, 5.41) is 0. The maximum absolute atomic E-state index is 11.1. The van der Waals surface area contributed by atoms with Crippen molar-refractivity contribution in [3.8, 4) is 0 Å². The third-order valence-electron chi connectivity index (χ3n) is 2.81. The van der Waals surface area contributed by atoms with E-state index in [1.165, 1.54) is 25.7 Å². The van der Waals surface area contributed by atoms with Gasteiger partial charge in [0.25, 0.3) is 0 Å². The standard InChI is InChI=1S/C14H27O4Si/c1-13(2)14(15)18-11-9-7-5-6-8-10-12-19(16-3)17-4/h1,5-12H2,2-4H3. The smallest absolute Gasteiger partial charge is 0.384 e. The Morgan fingerprint density at radius 1 is 1.00 bits per heavy atom. The van der Waals surface area contributed by atoms with E-state index in [-0.39, 0.29) is 5.97 Å². The molecule has 0 heterocycles. The van der Waals surface area contributed by atoms with Crippen molar-refractivity contribution in [3.05, 3.63) is 12.2 Å². The van der Waals surface area contributed by atoms with Crippen molar-refractivity contribution in [2.24, 2.45) is 0 Å². The van der Waals surface area contributed by atoms with Gasteiger partial charge in [0.15, 0.2) is 0 Å². The molecule has 0 N–H and O–H groups in total. The zero-order valence-corrected chi connectivity index (χ0v) is 13.5. The SMILES string of the molecule is C=C(C)C(=O)OCCCCCCCC[Si](OC)OC. The van der Waals surface area contributed by atoms with E-state index >= 15 is 0 Å². The molecule has 0 unspecified atom stereocenters. The highest BCUT2D eigenvalue weighted by molar-refractivity contribution is 6.44. The van der Waals surface area contributed by atoms with Gasteiger partial charge < -0.3 is 13.6 Å². The number of unbranched alkanes of at least 4 members (excludes halogenated alkanes) is 5. The second kappa shape index (κ2) is 12.4. The molecule has 0 spiro atoms. The van der Waals surface area contributed by atoms with Crippen molar-refractivity contribution in [2.45, 2.75) is 51.5 Å². The Kier molecular flexibility index (Phi) is 12.0. The summed E-state index contributed by atoms with van der Waals surface area (Å²) in [6, 6.07) is 1.05. The predicted octanol–water partition coefficient (Wildman–Crippen LogP) is 3.23. The molecule has 0 saturated carbocycles. The minimum atomic E-state index is -1.01. The predicted molar refractivity (Wildman–Crippen MR) is 78.1 cm³/mol. The van der Waals surface area contributed by atoms with Crippen LogP contribution in [-0.4, -0.2) is 36.1 Å². The van der Waals surface area contributed by atoms with Gasteiger partial charge in [0.05, 0.1) is 6.61 Å². The minimum absolute atomic E-state index is 0.284. The molecule has 0 aromatic carbocycles. The van der Waals surface area contributed by atoms with Crippen LogP contribution in [0.1, 0.15) is 45.4 Å². The first-order valence-electron chi connectivity index (χ1n) is 6.88. The van der Waals surface area contributed by atoms with Gasteiger partial charge in [0, 0.05) is 19.8 Å². The van der Waals surface area contributed by atoms with Gasteiger partial charge in [-0.1, -0.05) is 38.7 Å². The lowest BCUT2D eigenvalue weighted by Crippen LogP contribution is -2.18. The van der Waals surface area contributed by atoms with Crippen LogP contribution in [0, 0.1) is 0 Å². The van der Waals surface area contributed by atoms with Crippen LogP contribution >= 0.6 is 0 Å². The summed E-state index contributed by atoms with van der Waals surface area (Å²) >= 11 is 0. The van der Waals surface area contributed by atoms with Crippen molar-refractivity contribution < 1.29 is 18.4 Å². The van der Waals surface area contributed by atoms with Gasteiger partial charge >= 0.3 is 15.3 Å². The molecule has 0 aromatic heterocycles. The fourth-order valence-electron chi connectivity index (χ4n) is 1.65. The molecule has 19 heavy (non-hydrogen) atoms. The minimum Gasteiger partial charge on any atom is -0.462 e. The fraction of sp³-hybridized carbons (Fsp3) is 0.786. The highest BCUT2D eigenvalue weighted by Gasteiger charge is 2.10. The Morgan fingerprint density at radius 3 is 2.05 bits per heavy atom. The Bertz CT molecular complexity index is 252. The molecule has 0 fully saturated rings. The Balaban J connectivity index is 3.23. The first-order valence-corrected chi connectivity index (χ1v) is 8.40. The molecule has 0 aliphatic rings. The molecule has 111 valence electrons. The fourth-order valence-corrected chi connectivity index (χ4v) is 2.77. The number of hydrogen-bond donors (Lipinski definition) is 0. The molecule has 4 nitrogen and oxygen atoms in total. The van der Waals surface area contributed by atoms with Gasteiger partial charge in [-0.15, -0.1) is 0 Å². The number of hydrogen-bond acceptors (Lipinski definition) is 4. The maximum Gasteiger partial charge on any atom is 0.384 e. The van der Waals surface area contributed by atoms with Crippen molar-refractivity contribution >= 4 is 15.3 Å². The van der Waals surface area contributed by atoms with E-state index in [1.54, 1.807) is 21.1 Å². The largest absolute Gasteiger partial charge is 0.462 e. The lowest BCUT2D eigenvalue weighted by Gasteiger charge is -2.08. The van der Waals surface area contributed by atoms with Gasteiger partial charge in [-0.25, -0.2) is 4.79 Å². The third kappa shape index (κ3) is 10.9. The van der Waals surface area contributed by atoms with Gasteiger partial charge in [-0.05, 0) is 19.4 Å². The van der Waals surface area contributed by atoms with E-state index < -0.39 is 9.28 Å². The van der Waals surface area contributed by atoms with E-state index in [4.69, 9.17) is 13.6 Å². The molecule has 0 amide bonds. The van der Waals surface area contributed by atoms with E-state index in [0.717, 1.165) is 18.9 Å². The van der Waals surface area contributed by atoms with E-state index in [2.05, 4.69) is 6.58 Å². The second-order valence-corrected chi connectivity index (χ2v) is 6.63. The summed E-state index contributed by atoms with van der Waals surface area (Å²) in [5.74, 6) is -0.284. The summed E-state index contributed by atoms with van der Waals surface area (Å²) in [5.41, 5.74) is 0.467. The van der Waals surface area contributed by atoms with Crippen LogP contribution in [0.5, 0.6) is 0 Å². The first kappa shape index (κ1) is 18.3. The topological polar surface area (TPSA) is 44.8 Å². The summed E-state index contributed by atoms with van der Waals surface area (Å²) in [4.78, 5) is 11.1. The highest BCUT2D eigenvalue weighted by Crippen LogP contribution is 2.10. The summed E-state index contributed by atoms with van der Waals surface area (Å²) in [6.07, 6.45) is 6.83. The maximum atomic E-state index is 11.1. The number of carbonyl (C=O) groups is 1. The summed E-state index contributed by atoms with van der Waals surface area (Å²) < 4.78 is 15.5. The lowest BCUT2D eigenvalue weighted by molar-refractivity contribution is -0.139. The van der Waals surface area contributed by atoms with Crippen LogP contribution in [0.4, 0.5) is 0 Å². The monoisotopic (exact) mass is 287 g/mol. The number of ether oxygens (including phenoxy) is 1. The van der Waals surface area contributed by atoms with Crippen molar-refractivity contribution in [1.82, 2.24) is 0 Å². The van der Waals surface area contributed by atoms with Crippen molar-refractivity contribution in [1.29, 1.82) is 0 Å². The molecule has 0 rings (SSSR count). The zero-order valence-electron chi connectivity index (χ0n) is 12.5. The average Bonchev–Trinajstić information content (AvgIpc) is 2.40. The van der Waals surface area contributed by atoms with Crippen LogP contribution < -0.4 is 0 Å². The average molecular weight is 287 g/mol. The Labute approximate surface area is 119 Å².